The van der Waals surface area contributed by atoms with E-state index in [1.807, 2.05) is 12.2 Å². The van der Waals surface area contributed by atoms with Gasteiger partial charge in [-0.2, -0.15) is 0 Å². The molecule has 0 aliphatic carbocycles. The lowest BCUT2D eigenvalue weighted by Gasteiger charge is -2.13. The minimum atomic E-state index is -0.344. The van der Waals surface area contributed by atoms with Crippen LogP contribution in [0, 0.1) is 5.82 Å². The summed E-state index contributed by atoms with van der Waals surface area (Å²) in [5, 5.41) is 8.82. The van der Waals surface area contributed by atoms with Crippen molar-refractivity contribution in [2.45, 2.75) is 6.42 Å². The van der Waals surface area contributed by atoms with Crippen molar-refractivity contribution in [1.29, 1.82) is 0 Å². The molecule has 1 aliphatic rings. The molecule has 96 valence electrons. The summed E-state index contributed by atoms with van der Waals surface area (Å²) in [6.07, 6.45) is 4.60. The molecule has 2 nitrogen and oxygen atoms in total. The third-order valence-electron chi connectivity index (χ3n) is 2.28. The van der Waals surface area contributed by atoms with Crippen molar-refractivity contribution in [3.63, 3.8) is 0 Å². The van der Waals surface area contributed by atoms with Gasteiger partial charge in [-0.3, -0.25) is 0 Å². The van der Waals surface area contributed by atoms with Gasteiger partial charge in [-0.1, -0.05) is 39.8 Å². The number of aliphatic hydroxyl groups excluding tert-OH is 1. The predicted molar refractivity (Wildman–Crippen MR) is 74.9 cm³/mol. The number of rotatable bonds is 5. The molecule has 1 aliphatic heterocycles. The highest BCUT2D eigenvalue weighted by Crippen LogP contribution is 2.41. The Morgan fingerprint density at radius 3 is 2.50 bits per heavy atom. The Balaban J connectivity index is 1.90. The molecular weight excluding hydrogens is 271 g/mol. The number of aliphatic hydroxyl groups is 1. The van der Waals surface area contributed by atoms with Gasteiger partial charge < -0.3 is 9.84 Å². The number of hydrogen-bond acceptors (Lipinski definition) is 4. The van der Waals surface area contributed by atoms with Gasteiger partial charge in [-0.15, -0.1) is 0 Å². The Labute approximate surface area is 113 Å². The maximum Gasteiger partial charge on any atom is 0.165 e. The van der Waals surface area contributed by atoms with E-state index in [0.29, 0.717) is 13.0 Å². The molecule has 0 saturated carbocycles. The smallest absolute Gasteiger partial charge is 0.165 e. The Hall–Kier alpha value is -0.910. The van der Waals surface area contributed by atoms with Crippen LogP contribution in [-0.2, 0) is 0 Å². The fourth-order valence-corrected chi connectivity index (χ4v) is 3.48. The van der Waals surface area contributed by atoms with Crippen LogP contribution in [0.2, 0.25) is 0 Å². The number of ether oxygens (including phenoxy) is 1. The quantitative estimate of drug-likeness (QED) is 0.834. The lowest BCUT2D eigenvalue weighted by Crippen LogP contribution is -2.01. The summed E-state index contributed by atoms with van der Waals surface area (Å²) in [5.41, 5.74) is 0. The van der Waals surface area contributed by atoms with Crippen molar-refractivity contribution in [3.8, 4) is 5.75 Å². The van der Waals surface area contributed by atoms with Crippen molar-refractivity contribution < 1.29 is 14.2 Å². The second kappa shape index (κ2) is 6.87. The van der Waals surface area contributed by atoms with Crippen LogP contribution in [0.25, 0.3) is 0 Å². The van der Waals surface area contributed by atoms with Crippen LogP contribution in [0.15, 0.2) is 46.2 Å². The van der Waals surface area contributed by atoms with Gasteiger partial charge >= 0.3 is 0 Å². The first-order valence-electron chi connectivity index (χ1n) is 5.52. The van der Waals surface area contributed by atoms with E-state index in [1.54, 1.807) is 39.8 Å². The summed E-state index contributed by atoms with van der Waals surface area (Å²) < 4.78 is 18.7. The lowest BCUT2D eigenvalue weighted by atomic mass is 10.3. The zero-order valence-electron chi connectivity index (χ0n) is 9.64. The van der Waals surface area contributed by atoms with E-state index >= 15 is 0 Å². The highest BCUT2D eigenvalue weighted by molar-refractivity contribution is 8.79. The molecule has 0 radical (unpaired) electrons. The molecule has 0 fully saturated rings. The second-order valence-corrected chi connectivity index (χ2v) is 6.01. The molecular formula is C13H13FO2S2. The van der Waals surface area contributed by atoms with Crippen molar-refractivity contribution in [2.75, 3.05) is 13.2 Å². The minimum Gasteiger partial charge on any atom is -0.485 e. The van der Waals surface area contributed by atoms with Gasteiger partial charge in [0.25, 0.3) is 0 Å². The number of allylic oxidation sites excluding steroid dienone is 2. The summed E-state index contributed by atoms with van der Waals surface area (Å²) in [4.78, 5) is 2.17. The van der Waals surface area contributed by atoms with Crippen molar-refractivity contribution >= 4 is 21.6 Å². The third-order valence-corrected chi connectivity index (χ3v) is 4.92. The Morgan fingerprint density at radius 2 is 1.83 bits per heavy atom. The van der Waals surface area contributed by atoms with Crippen molar-refractivity contribution in [3.05, 3.63) is 52.0 Å². The van der Waals surface area contributed by atoms with E-state index in [0.717, 1.165) is 9.81 Å². The van der Waals surface area contributed by atoms with E-state index in [9.17, 15) is 4.39 Å². The Morgan fingerprint density at radius 1 is 1.11 bits per heavy atom. The topological polar surface area (TPSA) is 29.5 Å². The third kappa shape index (κ3) is 3.80. The van der Waals surface area contributed by atoms with Crippen LogP contribution in [0.4, 0.5) is 4.39 Å². The van der Waals surface area contributed by atoms with Crippen LogP contribution in [0.1, 0.15) is 6.42 Å². The molecule has 0 unspecified atom stereocenters. The van der Waals surface area contributed by atoms with Crippen LogP contribution in [0.3, 0.4) is 0 Å². The second-order valence-electron chi connectivity index (χ2n) is 3.63. The number of halogens is 1. The molecule has 1 N–H and O–H groups in total. The van der Waals surface area contributed by atoms with Gasteiger partial charge in [0.15, 0.2) is 11.6 Å². The standard InChI is InChI=1S/C13H13FO2S2/c14-12-3-1-2-4-13(12)16-9-11-6-5-10(7-8-15)17-18-11/h1-6,15H,7-9H2. The first kappa shape index (κ1) is 13.5. The predicted octanol–water partition coefficient (Wildman–Crippen LogP) is 3.75. The summed E-state index contributed by atoms with van der Waals surface area (Å²) in [5.74, 6) is -0.0720. The molecule has 1 heterocycles. The molecule has 0 spiro atoms. The van der Waals surface area contributed by atoms with Crippen LogP contribution in [-0.4, -0.2) is 18.3 Å². The summed E-state index contributed by atoms with van der Waals surface area (Å²) in [6, 6.07) is 6.38. The summed E-state index contributed by atoms with van der Waals surface area (Å²) >= 11 is 0. The van der Waals surface area contributed by atoms with E-state index in [1.165, 1.54) is 6.07 Å². The largest absolute Gasteiger partial charge is 0.485 e. The maximum absolute atomic E-state index is 13.3. The molecule has 0 atom stereocenters. The van der Waals surface area contributed by atoms with Crippen molar-refractivity contribution in [1.82, 2.24) is 0 Å². The molecule has 1 aromatic rings. The highest BCUT2D eigenvalue weighted by Gasteiger charge is 2.09. The normalized spacial score (nSPS) is 15.0. The van der Waals surface area contributed by atoms with E-state index < -0.39 is 0 Å². The van der Waals surface area contributed by atoms with Gasteiger partial charge in [0, 0.05) is 17.9 Å². The molecule has 0 bridgehead atoms. The monoisotopic (exact) mass is 284 g/mol. The zero-order valence-corrected chi connectivity index (χ0v) is 11.3. The average Bonchev–Trinajstić information content (AvgIpc) is 2.40. The summed E-state index contributed by atoms with van der Waals surface area (Å²) in [6.45, 7) is 0.524. The number of para-hydroxylation sites is 1. The fraction of sp³-hybridized carbons (Fsp3) is 0.231. The first-order chi connectivity index (χ1) is 8.79. The Bertz CT molecular complexity index is 472. The molecule has 0 amide bonds. The average molecular weight is 284 g/mol. The van der Waals surface area contributed by atoms with Crippen LogP contribution < -0.4 is 4.74 Å². The number of benzene rings is 1. The molecule has 18 heavy (non-hydrogen) atoms. The fourth-order valence-electron chi connectivity index (χ4n) is 1.37. The lowest BCUT2D eigenvalue weighted by molar-refractivity contribution is 0.302. The minimum absolute atomic E-state index is 0.161. The number of hydrogen-bond donors (Lipinski definition) is 1. The molecule has 2 rings (SSSR count). The van der Waals surface area contributed by atoms with Gasteiger partial charge in [-0.05, 0) is 23.1 Å². The molecule has 1 aromatic carbocycles. The van der Waals surface area contributed by atoms with Crippen LogP contribution >= 0.6 is 21.6 Å². The molecule has 5 heteroatoms. The van der Waals surface area contributed by atoms with E-state index in [4.69, 9.17) is 9.84 Å². The maximum atomic E-state index is 13.3. The molecule has 0 saturated heterocycles. The SMILES string of the molecule is OCCC1=CC=C(COc2ccccc2F)SS1. The van der Waals surface area contributed by atoms with Gasteiger partial charge in [0.05, 0.1) is 0 Å². The van der Waals surface area contributed by atoms with E-state index in [-0.39, 0.29) is 18.2 Å². The summed E-state index contributed by atoms with van der Waals surface area (Å²) in [7, 11) is 3.20. The van der Waals surface area contributed by atoms with Crippen LogP contribution in [0.5, 0.6) is 5.75 Å². The van der Waals surface area contributed by atoms with Crippen molar-refractivity contribution in [2.24, 2.45) is 0 Å². The Kier molecular flexibility index (Phi) is 5.16. The first-order valence-corrected chi connectivity index (χ1v) is 7.67. The van der Waals surface area contributed by atoms with E-state index in [2.05, 4.69) is 0 Å². The van der Waals surface area contributed by atoms with Gasteiger partial charge in [-0.25, -0.2) is 4.39 Å². The highest BCUT2D eigenvalue weighted by atomic mass is 33.1. The molecule has 0 aromatic heterocycles. The van der Waals surface area contributed by atoms with Gasteiger partial charge in [0.1, 0.15) is 6.61 Å². The van der Waals surface area contributed by atoms with Gasteiger partial charge in [0.2, 0.25) is 0 Å². The zero-order chi connectivity index (χ0) is 12.8.